The van der Waals surface area contributed by atoms with Crippen molar-refractivity contribution in [3.63, 3.8) is 0 Å². The first-order valence-electron chi connectivity index (χ1n) is 6.53. The Kier molecular flexibility index (Phi) is 5.38. The van der Waals surface area contributed by atoms with Gasteiger partial charge in [0.05, 0.1) is 13.2 Å². The SMILES string of the molecule is O=c1cc[nH]cc1CNCCCN1CCOCC1. The van der Waals surface area contributed by atoms with Crippen molar-refractivity contribution in [1.29, 1.82) is 0 Å². The minimum Gasteiger partial charge on any atom is -0.379 e. The van der Waals surface area contributed by atoms with E-state index >= 15 is 0 Å². The summed E-state index contributed by atoms with van der Waals surface area (Å²) in [5, 5.41) is 3.30. The molecule has 1 aromatic rings. The number of aromatic nitrogens is 1. The third-order valence-electron chi connectivity index (χ3n) is 3.15. The van der Waals surface area contributed by atoms with Gasteiger partial charge in [0.25, 0.3) is 0 Å². The smallest absolute Gasteiger partial charge is 0.186 e. The number of H-pyrrole nitrogens is 1. The van der Waals surface area contributed by atoms with Crippen LogP contribution in [0.4, 0.5) is 0 Å². The predicted octanol–water partition coefficient (Wildman–Crippen LogP) is 0.187. The lowest BCUT2D eigenvalue weighted by molar-refractivity contribution is 0.0374. The van der Waals surface area contributed by atoms with Gasteiger partial charge in [-0.2, -0.15) is 0 Å². The van der Waals surface area contributed by atoms with Crippen LogP contribution in [0.1, 0.15) is 12.0 Å². The van der Waals surface area contributed by atoms with E-state index in [0.717, 1.165) is 51.4 Å². The summed E-state index contributed by atoms with van der Waals surface area (Å²) in [6.45, 7) is 6.46. The molecule has 0 amide bonds. The fourth-order valence-electron chi connectivity index (χ4n) is 2.06. The number of ether oxygens (including phenoxy) is 1. The van der Waals surface area contributed by atoms with Gasteiger partial charge < -0.3 is 15.0 Å². The van der Waals surface area contributed by atoms with Gasteiger partial charge >= 0.3 is 0 Å². The lowest BCUT2D eigenvalue weighted by atomic mass is 10.2. The zero-order valence-electron chi connectivity index (χ0n) is 10.7. The minimum absolute atomic E-state index is 0.0921. The molecule has 0 saturated carbocycles. The van der Waals surface area contributed by atoms with Gasteiger partial charge in [-0.15, -0.1) is 0 Å². The summed E-state index contributed by atoms with van der Waals surface area (Å²) < 4.78 is 5.30. The van der Waals surface area contributed by atoms with Crippen LogP contribution in [0.2, 0.25) is 0 Å². The highest BCUT2D eigenvalue weighted by Gasteiger charge is 2.08. The van der Waals surface area contributed by atoms with Gasteiger partial charge in [0, 0.05) is 43.7 Å². The van der Waals surface area contributed by atoms with Gasteiger partial charge in [-0.25, -0.2) is 0 Å². The molecule has 0 unspecified atom stereocenters. The Labute approximate surface area is 107 Å². The van der Waals surface area contributed by atoms with Gasteiger partial charge in [-0.05, 0) is 19.5 Å². The van der Waals surface area contributed by atoms with Crippen molar-refractivity contribution in [2.75, 3.05) is 39.4 Å². The molecule has 0 radical (unpaired) electrons. The van der Waals surface area contributed by atoms with Crippen LogP contribution in [0.3, 0.4) is 0 Å². The van der Waals surface area contributed by atoms with Crippen LogP contribution in [0.5, 0.6) is 0 Å². The van der Waals surface area contributed by atoms with Crippen molar-refractivity contribution < 1.29 is 4.74 Å². The monoisotopic (exact) mass is 251 g/mol. The number of nitrogens with one attached hydrogen (secondary N) is 2. The molecule has 5 nitrogen and oxygen atoms in total. The fraction of sp³-hybridized carbons (Fsp3) is 0.615. The van der Waals surface area contributed by atoms with Crippen LogP contribution in [0.15, 0.2) is 23.3 Å². The summed E-state index contributed by atoms with van der Waals surface area (Å²) in [6.07, 6.45) is 4.52. The van der Waals surface area contributed by atoms with Crippen LogP contribution < -0.4 is 10.7 Å². The summed E-state index contributed by atoms with van der Waals surface area (Å²) >= 11 is 0. The second-order valence-corrected chi connectivity index (χ2v) is 4.52. The average molecular weight is 251 g/mol. The largest absolute Gasteiger partial charge is 0.379 e. The Morgan fingerprint density at radius 1 is 1.39 bits per heavy atom. The first-order valence-corrected chi connectivity index (χ1v) is 6.53. The van der Waals surface area contributed by atoms with E-state index in [1.165, 1.54) is 0 Å². The third kappa shape index (κ3) is 4.25. The second kappa shape index (κ2) is 7.31. The molecular weight excluding hydrogens is 230 g/mol. The minimum atomic E-state index is 0.0921. The topological polar surface area (TPSA) is 57.4 Å². The first-order chi connectivity index (χ1) is 8.86. The molecule has 0 bridgehead atoms. The summed E-state index contributed by atoms with van der Waals surface area (Å²) in [4.78, 5) is 16.8. The van der Waals surface area contributed by atoms with E-state index in [0.29, 0.717) is 6.54 Å². The summed E-state index contributed by atoms with van der Waals surface area (Å²) in [5.74, 6) is 0. The molecule has 0 aliphatic carbocycles. The Bertz CT molecular complexity index is 399. The Morgan fingerprint density at radius 2 is 2.22 bits per heavy atom. The molecule has 2 heterocycles. The molecule has 1 fully saturated rings. The maximum absolute atomic E-state index is 11.4. The van der Waals surface area contributed by atoms with E-state index in [-0.39, 0.29) is 5.43 Å². The molecular formula is C13H21N3O2. The fourth-order valence-corrected chi connectivity index (χ4v) is 2.06. The van der Waals surface area contributed by atoms with E-state index in [1.807, 2.05) is 0 Å². The van der Waals surface area contributed by atoms with Crippen LogP contribution in [-0.4, -0.2) is 49.3 Å². The van der Waals surface area contributed by atoms with E-state index in [9.17, 15) is 4.79 Å². The van der Waals surface area contributed by atoms with Crippen LogP contribution in [-0.2, 0) is 11.3 Å². The maximum atomic E-state index is 11.4. The molecule has 0 aromatic carbocycles. The lowest BCUT2D eigenvalue weighted by Gasteiger charge is -2.26. The zero-order valence-corrected chi connectivity index (χ0v) is 10.7. The Balaban J connectivity index is 1.58. The molecule has 1 saturated heterocycles. The maximum Gasteiger partial charge on any atom is 0.186 e. The number of pyridine rings is 1. The highest BCUT2D eigenvalue weighted by Crippen LogP contribution is 1.97. The summed E-state index contributed by atoms with van der Waals surface area (Å²) in [5.41, 5.74) is 0.887. The molecule has 100 valence electrons. The van der Waals surface area contributed by atoms with Gasteiger partial charge in [-0.3, -0.25) is 9.69 Å². The summed E-state index contributed by atoms with van der Waals surface area (Å²) in [7, 11) is 0. The van der Waals surface area contributed by atoms with Crippen LogP contribution >= 0.6 is 0 Å². The van der Waals surface area contributed by atoms with E-state index in [1.54, 1.807) is 18.5 Å². The van der Waals surface area contributed by atoms with Gasteiger partial charge in [-0.1, -0.05) is 0 Å². The highest BCUT2D eigenvalue weighted by atomic mass is 16.5. The number of hydrogen-bond donors (Lipinski definition) is 2. The quantitative estimate of drug-likeness (QED) is 0.709. The molecule has 1 aliphatic heterocycles. The van der Waals surface area contributed by atoms with E-state index < -0.39 is 0 Å². The van der Waals surface area contributed by atoms with Crippen molar-refractivity contribution in [2.45, 2.75) is 13.0 Å². The van der Waals surface area contributed by atoms with Crippen molar-refractivity contribution in [2.24, 2.45) is 0 Å². The molecule has 2 N–H and O–H groups in total. The number of rotatable bonds is 6. The van der Waals surface area contributed by atoms with Gasteiger partial charge in [0.2, 0.25) is 0 Å². The van der Waals surface area contributed by atoms with Gasteiger partial charge in [0.1, 0.15) is 0 Å². The number of nitrogens with zero attached hydrogens (tertiary/aromatic N) is 1. The molecule has 0 spiro atoms. The molecule has 5 heteroatoms. The molecule has 2 rings (SSSR count). The van der Waals surface area contributed by atoms with E-state index in [4.69, 9.17) is 4.74 Å². The van der Waals surface area contributed by atoms with Crippen molar-refractivity contribution in [3.05, 3.63) is 34.2 Å². The first kappa shape index (κ1) is 13.3. The van der Waals surface area contributed by atoms with Crippen molar-refractivity contribution in [1.82, 2.24) is 15.2 Å². The predicted molar refractivity (Wildman–Crippen MR) is 70.6 cm³/mol. The van der Waals surface area contributed by atoms with Crippen LogP contribution in [0, 0.1) is 0 Å². The van der Waals surface area contributed by atoms with Crippen LogP contribution in [0.25, 0.3) is 0 Å². The van der Waals surface area contributed by atoms with E-state index in [2.05, 4.69) is 15.2 Å². The second-order valence-electron chi connectivity index (χ2n) is 4.52. The van der Waals surface area contributed by atoms with Crippen molar-refractivity contribution >= 4 is 0 Å². The highest BCUT2D eigenvalue weighted by molar-refractivity contribution is 5.08. The Hall–Kier alpha value is -1.17. The number of morpholine rings is 1. The summed E-state index contributed by atoms with van der Waals surface area (Å²) in [6, 6.07) is 1.56. The molecule has 1 aromatic heterocycles. The molecule has 1 aliphatic rings. The normalized spacial score (nSPS) is 16.9. The number of hydrogen-bond acceptors (Lipinski definition) is 4. The standard InChI is InChI=1S/C13H21N3O2/c17-13-2-4-15-11-12(13)10-14-3-1-5-16-6-8-18-9-7-16/h2,4,11,14H,1,3,5-10H2,(H,15,17). The zero-order chi connectivity index (χ0) is 12.6. The average Bonchev–Trinajstić information content (AvgIpc) is 2.42. The lowest BCUT2D eigenvalue weighted by Crippen LogP contribution is -2.37. The Morgan fingerprint density at radius 3 is 3.00 bits per heavy atom. The molecule has 0 atom stereocenters. The van der Waals surface area contributed by atoms with Crippen molar-refractivity contribution in [3.8, 4) is 0 Å². The molecule has 18 heavy (non-hydrogen) atoms. The number of aromatic amines is 1. The van der Waals surface area contributed by atoms with Gasteiger partial charge in [0.15, 0.2) is 5.43 Å². The third-order valence-corrected chi connectivity index (χ3v) is 3.15.